The fourth-order valence-corrected chi connectivity index (χ4v) is 1.61. The van der Waals surface area contributed by atoms with Crippen molar-refractivity contribution < 1.29 is 8.78 Å². The molecule has 0 aromatic heterocycles. The molecule has 1 unspecified atom stereocenters. The Morgan fingerprint density at radius 3 is 2.12 bits per heavy atom. The van der Waals surface area contributed by atoms with Gasteiger partial charge in [0.2, 0.25) is 0 Å². The SMILES string of the molecule is CC(NCCC(C)(C)C)c1cc(F)cc(F)c1. The first-order chi connectivity index (χ1) is 7.78. The van der Waals surface area contributed by atoms with Crippen LogP contribution in [-0.4, -0.2) is 6.54 Å². The van der Waals surface area contributed by atoms with Crippen molar-refractivity contribution >= 4 is 0 Å². The summed E-state index contributed by atoms with van der Waals surface area (Å²) in [6.45, 7) is 9.25. The Bertz CT molecular complexity index is 349. The summed E-state index contributed by atoms with van der Waals surface area (Å²) in [7, 11) is 0. The van der Waals surface area contributed by atoms with Gasteiger partial charge in [-0.1, -0.05) is 20.8 Å². The van der Waals surface area contributed by atoms with Crippen LogP contribution in [0.4, 0.5) is 8.78 Å². The highest BCUT2D eigenvalue weighted by Gasteiger charge is 2.12. The van der Waals surface area contributed by atoms with Gasteiger partial charge in [0.25, 0.3) is 0 Å². The Balaban J connectivity index is 2.55. The van der Waals surface area contributed by atoms with Crippen LogP contribution in [0.5, 0.6) is 0 Å². The first kappa shape index (κ1) is 14.1. The molecule has 1 aromatic rings. The summed E-state index contributed by atoms with van der Waals surface area (Å²) in [5, 5.41) is 3.28. The molecule has 17 heavy (non-hydrogen) atoms. The fourth-order valence-electron chi connectivity index (χ4n) is 1.61. The molecule has 1 nitrogen and oxygen atoms in total. The van der Waals surface area contributed by atoms with Crippen LogP contribution in [0.3, 0.4) is 0 Å². The predicted molar refractivity (Wildman–Crippen MR) is 66.8 cm³/mol. The predicted octanol–water partition coefficient (Wildman–Crippen LogP) is 4.05. The van der Waals surface area contributed by atoms with E-state index in [0.29, 0.717) is 5.56 Å². The maximum absolute atomic E-state index is 13.0. The second-order valence-electron chi connectivity index (χ2n) is 5.69. The normalized spacial score (nSPS) is 13.8. The van der Waals surface area contributed by atoms with Crippen LogP contribution in [0.25, 0.3) is 0 Å². The van der Waals surface area contributed by atoms with E-state index >= 15 is 0 Å². The van der Waals surface area contributed by atoms with Crippen LogP contribution in [0.2, 0.25) is 0 Å². The van der Waals surface area contributed by atoms with Gasteiger partial charge in [-0.2, -0.15) is 0 Å². The van der Waals surface area contributed by atoms with Gasteiger partial charge in [0, 0.05) is 12.1 Å². The van der Waals surface area contributed by atoms with Gasteiger partial charge in [0.1, 0.15) is 11.6 Å². The fraction of sp³-hybridized carbons (Fsp3) is 0.571. The zero-order valence-corrected chi connectivity index (χ0v) is 11.0. The van der Waals surface area contributed by atoms with Crippen molar-refractivity contribution in [3.05, 3.63) is 35.4 Å². The molecule has 96 valence electrons. The highest BCUT2D eigenvalue weighted by Crippen LogP contribution is 2.19. The second kappa shape index (κ2) is 5.58. The molecule has 0 aliphatic heterocycles. The zero-order valence-electron chi connectivity index (χ0n) is 11.0. The number of benzene rings is 1. The minimum absolute atomic E-state index is 0.0393. The summed E-state index contributed by atoms with van der Waals surface area (Å²) >= 11 is 0. The smallest absolute Gasteiger partial charge is 0.126 e. The monoisotopic (exact) mass is 241 g/mol. The van der Waals surface area contributed by atoms with Crippen molar-refractivity contribution in [3.63, 3.8) is 0 Å². The first-order valence-electron chi connectivity index (χ1n) is 5.97. The molecule has 0 amide bonds. The molecule has 0 radical (unpaired) electrons. The molecule has 1 aromatic carbocycles. The number of nitrogens with one attached hydrogen (secondary N) is 1. The number of hydrogen-bond acceptors (Lipinski definition) is 1. The lowest BCUT2D eigenvalue weighted by Gasteiger charge is -2.21. The van der Waals surface area contributed by atoms with Gasteiger partial charge in [0.15, 0.2) is 0 Å². The van der Waals surface area contributed by atoms with Gasteiger partial charge >= 0.3 is 0 Å². The third-order valence-electron chi connectivity index (χ3n) is 2.71. The van der Waals surface area contributed by atoms with E-state index in [2.05, 4.69) is 26.1 Å². The minimum atomic E-state index is -0.524. The third-order valence-corrected chi connectivity index (χ3v) is 2.71. The Hall–Kier alpha value is -0.960. The van der Waals surface area contributed by atoms with Crippen LogP contribution in [0.1, 0.15) is 45.7 Å². The van der Waals surface area contributed by atoms with Crippen molar-refractivity contribution in [3.8, 4) is 0 Å². The molecule has 0 bridgehead atoms. The van der Waals surface area contributed by atoms with Gasteiger partial charge in [0.05, 0.1) is 0 Å². The quantitative estimate of drug-likeness (QED) is 0.838. The standard InChI is InChI=1S/C14H21F2N/c1-10(17-6-5-14(2,3)4)11-7-12(15)9-13(16)8-11/h7-10,17H,5-6H2,1-4H3. The van der Waals surface area contributed by atoms with Gasteiger partial charge in [-0.3, -0.25) is 0 Å². The molecule has 0 saturated heterocycles. The summed E-state index contributed by atoms with van der Waals surface area (Å²) in [4.78, 5) is 0. The van der Waals surface area contributed by atoms with E-state index in [1.54, 1.807) is 0 Å². The van der Waals surface area contributed by atoms with Crippen LogP contribution < -0.4 is 5.32 Å². The molecule has 0 spiro atoms. The van der Waals surface area contributed by atoms with Crippen LogP contribution in [0, 0.1) is 17.0 Å². The molecule has 0 aliphatic rings. The lowest BCUT2D eigenvalue weighted by atomic mass is 9.92. The number of halogens is 2. The van der Waals surface area contributed by atoms with Crippen molar-refractivity contribution in [1.82, 2.24) is 5.32 Å². The van der Waals surface area contributed by atoms with E-state index in [4.69, 9.17) is 0 Å². The number of rotatable bonds is 4. The van der Waals surface area contributed by atoms with Gasteiger partial charge in [-0.25, -0.2) is 8.78 Å². The number of hydrogen-bond donors (Lipinski definition) is 1. The van der Waals surface area contributed by atoms with E-state index in [1.807, 2.05) is 6.92 Å². The lowest BCUT2D eigenvalue weighted by Crippen LogP contribution is -2.23. The van der Waals surface area contributed by atoms with E-state index in [1.165, 1.54) is 12.1 Å². The largest absolute Gasteiger partial charge is 0.310 e. The average molecular weight is 241 g/mol. The van der Waals surface area contributed by atoms with E-state index in [0.717, 1.165) is 19.0 Å². The van der Waals surface area contributed by atoms with Crippen LogP contribution in [0.15, 0.2) is 18.2 Å². The second-order valence-corrected chi connectivity index (χ2v) is 5.69. The minimum Gasteiger partial charge on any atom is -0.310 e. The summed E-state index contributed by atoms with van der Waals surface area (Å²) in [6, 6.07) is 3.60. The molecule has 1 N–H and O–H groups in total. The van der Waals surface area contributed by atoms with E-state index < -0.39 is 11.6 Å². The molecule has 1 atom stereocenters. The third kappa shape index (κ3) is 5.26. The zero-order chi connectivity index (χ0) is 13.1. The molecule has 0 saturated carbocycles. The van der Waals surface area contributed by atoms with Crippen LogP contribution >= 0.6 is 0 Å². The molecular formula is C14H21F2N. The molecule has 0 fully saturated rings. The highest BCUT2D eigenvalue weighted by molar-refractivity contribution is 5.20. The summed E-state index contributed by atoms with van der Waals surface area (Å²) in [6.07, 6.45) is 1.02. The maximum atomic E-state index is 13.0. The van der Waals surface area contributed by atoms with E-state index in [9.17, 15) is 8.78 Å². The van der Waals surface area contributed by atoms with E-state index in [-0.39, 0.29) is 11.5 Å². The molecule has 1 rings (SSSR count). The van der Waals surface area contributed by atoms with Crippen LogP contribution in [-0.2, 0) is 0 Å². The van der Waals surface area contributed by atoms with Gasteiger partial charge in [-0.15, -0.1) is 0 Å². The van der Waals surface area contributed by atoms with Crippen molar-refractivity contribution in [2.45, 2.75) is 40.2 Å². The van der Waals surface area contributed by atoms with Crippen molar-refractivity contribution in [1.29, 1.82) is 0 Å². The van der Waals surface area contributed by atoms with Gasteiger partial charge in [-0.05, 0) is 43.0 Å². The van der Waals surface area contributed by atoms with Crippen molar-refractivity contribution in [2.75, 3.05) is 6.54 Å². The molecular weight excluding hydrogens is 220 g/mol. The Morgan fingerprint density at radius 2 is 1.65 bits per heavy atom. The lowest BCUT2D eigenvalue weighted by molar-refractivity contribution is 0.357. The van der Waals surface area contributed by atoms with Gasteiger partial charge < -0.3 is 5.32 Å². The first-order valence-corrected chi connectivity index (χ1v) is 5.97. The molecule has 0 aliphatic carbocycles. The maximum Gasteiger partial charge on any atom is 0.126 e. The summed E-state index contributed by atoms with van der Waals surface area (Å²) in [5.74, 6) is -1.05. The summed E-state index contributed by atoms with van der Waals surface area (Å²) < 4.78 is 26.1. The average Bonchev–Trinajstić information content (AvgIpc) is 2.13. The highest BCUT2D eigenvalue weighted by atomic mass is 19.1. The molecule has 3 heteroatoms. The Labute approximate surface area is 102 Å². The Kier molecular flexibility index (Phi) is 4.63. The topological polar surface area (TPSA) is 12.0 Å². The molecule has 0 heterocycles. The summed E-state index contributed by atoms with van der Waals surface area (Å²) in [5.41, 5.74) is 0.913. The Morgan fingerprint density at radius 1 is 1.12 bits per heavy atom. The van der Waals surface area contributed by atoms with Crippen molar-refractivity contribution in [2.24, 2.45) is 5.41 Å².